The Bertz CT molecular complexity index is 282. The highest BCUT2D eigenvalue weighted by Gasteiger charge is 2.45. The fourth-order valence-corrected chi connectivity index (χ4v) is 1.70. The maximum absolute atomic E-state index is 11.4. The van der Waals surface area contributed by atoms with Gasteiger partial charge in [0, 0.05) is 18.6 Å². The summed E-state index contributed by atoms with van der Waals surface area (Å²) in [5.74, 6) is 0. The first-order valence-electron chi connectivity index (χ1n) is 6.33. The van der Waals surface area contributed by atoms with E-state index in [0.717, 1.165) is 0 Å². The highest BCUT2D eigenvalue weighted by molar-refractivity contribution is 5.67. The van der Waals surface area contributed by atoms with Crippen LogP contribution in [0.5, 0.6) is 0 Å². The van der Waals surface area contributed by atoms with Crippen molar-refractivity contribution in [2.24, 2.45) is 5.41 Å². The van der Waals surface area contributed by atoms with Crippen molar-refractivity contribution in [2.75, 3.05) is 6.54 Å². The molecule has 4 nitrogen and oxygen atoms in total. The zero-order chi connectivity index (χ0) is 13.3. The molecule has 1 amide bonds. The summed E-state index contributed by atoms with van der Waals surface area (Å²) in [5.41, 5.74) is -0.0145. The van der Waals surface area contributed by atoms with Gasteiger partial charge in [0.05, 0.1) is 0 Å². The molecule has 0 saturated heterocycles. The molecule has 0 radical (unpaired) electrons. The Morgan fingerprint density at radius 3 is 2.41 bits per heavy atom. The molecule has 100 valence electrons. The second-order valence-electron chi connectivity index (χ2n) is 6.70. The Morgan fingerprint density at radius 1 is 1.47 bits per heavy atom. The van der Waals surface area contributed by atoms with E-state index in [2.05, 4.69) is 31.4 Å². The number of amides is 1. The first-order chi connectivity index (χ1) is 7.60. The van der Waals surface area contributed by atoms with E-state index >= 15 is 0 Å². The van der Waals surface area contributed by atoms with Crippen LogP contribution in [0, 0.1) is 5.41 Å². The van der Waals surface area contributed by atoms with Crippen LogP contribution in [0.3, 0.4) is 0 Å². The number of carbonyl (C=O) groups is 1. The molecule has 0 bridgehead atoms. The largest absolute Gasteiger partial charge is 0.444 e. The first-order valence-corrected chi connectivity index (χ1v) is 6.33. The minimum absolute atomic E-state index is 0.272. The standard InChI is InChI=1S/C13H26N2O2/c1-9(15-10-7-13(10,5)6)8-14-11(16)17-12(2,3)4/h9-10,15H,7-8H2,1-6H3,(H,14,16). The van der Waals surface area contributed by atoms with Crippen LogP contribution < -0.4 is 10.6 Å². The molecule has 0 heterocycles. The summed E-state index contributed by atoms with van der Waals surface area (Å²) in [6, 6.07) is 0.854. The summed E-state index contributed by atoms with van der Waals surface area (Å²) in [7, 11) is 0. The number of nitrogens with one attached hydrogen (secondary N) is 2. The van der Waals surface area contributed by atoms with E-state index in [0.29, 0.717) is 18.0 Å². The van der Waals surface area contributed by atoms with E-state index in [1.54, 1.807) is 0 Å². The number of ether oxygens (including phenoxy) is 1. The SMILES string of the molecule is CC(CNC(=O)OC(C)(C)C)NC1CC1(C)C. The molecule has 2 unspecified atom stereocenters. The fourth-order valence-electron chi connectivity index (χ4n) is 1.70. The van der Waals surface area contributed by atoms with Crippen molar-refractivity contribution in [3.05, 3.63) is 0 Å². The highest BCUT2D eigenvalue weighted by atomic mass is 16.6. The molecule has 0 aromatic carbocycles. The van der Waals surface area contributed by atoms with Gasteiger partial charge in [-0.3, -0.25) is 0 Å². The van der Waals surface area contributed by atoms with Gasteiger partial charge in [0.15, 0.2) is 0 Å². The Morgan fingerprint density at radius 2 is 2.00 bits per heavy atom. The third-order valence-electron chi connectivity index (χ3n) is 2.95. The van der Waals surface area contributed by atoms with Crippen LogP contribution in [-0.4, -0.2) is 30.3 Å². The van der Waals surface area contributed by atoms with Gasteiger partial charge >= 0.3 is 6.09 Å². The van der Waals surface area contributed by atoms with Crippen molar-refractivity contribution in [3.63, 3.8) is 0 Å². The quantitative estimate of drug-likeness (QED) is 0.795. The zero-order valence-electron chi connectivity index (χ0n) is 11.9. The fraction of sp³-hybridized carbons (Fsp3) is 0.923. The Balaban J connectivity index is 2.16. The summed E-state index contributed by atoms with van der Waals surface area (Å²) < 4.78 is 5.17. The maximum atomic E-state index is 11.4. The lowest BCUT2D eigenvalue weighted by atomic mass is 10.2. The predicted octanol–water partition coefficient (Wildman–Crippen LogP) is 2.29. The van der Waals surface area contributed by atoms with Gasteiger partial charge in [0.1, 0.15) is 5.60 Å². The van der Waals surface area contributed by atoms with Gasteiger partial charge in [-0.2, -0.15) is 0 Å². The third kappa shape index (κ3) is 5.39. The number of carbonyl (C=O) groups excluding carboxylic acids is 1. The minimum atomic E-state index is -0.431. The number of rotatable bonds is 4. The molecular formula is C13H26N2O2. The summed E-state index contributed by atoms with van der Waals surface area (Å²) in [5, 5.41) is 6.27. The van der Waals surface area contributed by atoms with Gasteiger partial charge in [-0.15, -0.1) is 0 Å². The minimum Gasteiger partial charge on any atom is -0.444 e. The normalized spacial score (nSPS) is 24.0. The second kappa shape index (κ2) is 4.84. The van der Waals surface area contributed by atoms with Crippen LogP contribution in [0.25, 0.3) is 0 Å². The molecule has 2 N–H and O–H groups in total. The smallest absolute Gasteiger partial charge is 0.407 e. The topological polar surface area (TPSA) is 50.4 Å². The highest BCUT2D eigenvalue weighted by Crippen LogP contribution is 2.44. The van der Waals surface area contributed by atoms with Crippen LogP contribution in [0.2, 0.25) is 0 Å². The molecule has 1 fully saturated rings. The molecule has 1 aliphatic carbocycles. The van der Waals surface area contributed by atoms with E-state index in [9.17, 15) is 4.79 Å². The summed E-state index contributed by atoms with van der Waals surface area (Å²) >= 11 is 0. The summed E-state index contributed by atoms with van der Waals surface area (Å²) in [6.45, 7) is 12.8. The first kappa shape index (κ1) is 14.3. The molecule has 0 spiro atoms. The van der Waals surface area contributed by atoms with E-state index in [1.165, 1.54) is 6.42 Å². The molecular weight excluding hydrogens is 216 g/mol. The van der Waals surface area contributed by atoms with Gasteiger partial charge < -0.3 is 15.4 Å². The maximum Gasteiger partial charge on any atom is 0.407 e. The lowest BCUT2D eigenvalue weighted by Crippen LogP contribution is -2.42. The van der Waals surface area contributed by atoms with Crippen molar-refractivity contribution >= 4 is 6.09 Å². The average molecular weight is 242 g/mol. The Hall–Kier alpha value is -0.770. The van der Waals surface area contributed by atoms with Crippen LogP contribution in [0.1, 0.15) is 48.0 Å². The van der Waals surface area contributed by atoms with Crippen molar-refractivity contribution < 1.29 is 9.53 Å². The average Bonchev–Trinajstić information content (AvgIpc) is 2.67. The van der Waals surface area contributed by atoms with Crippen LogP contribution in [0.4, 0.5) is 4.79 Å². The number of hydrogen-bond donors (Lipinski definition) is 2. The molecule has 1 aliphatic rings. The second-order valence-corrected chi connectivity index (χ2v) is 6.70. The van der Waals surface area contributed by atoms with E-state index in [-0.39, 0.29) is 12.1 Å². The molecule has 0 aromatic heterocycles. The van der Waals surface area contributed by atoms with Gasteiger partial charge in [-0.25, -0.2) is 4.79 Å². The molecule has 0 aliphatic heterocycles. The van der Waals surface area contributed by atoms with Crippen molar-refractivity contribution in [3.8, 4) is 0 Å². The molecule has 17 heavy (non-hydrogen) atoms. The molecule has 4 heteroatoms. The lowest BCUT2D eigenvalue weighted by molar-refractivity contribution is 0.0523. The number of hydrogen-bond acceptors (Lipinski definition) is 3. The monoisotopic (exact) mass is 242 g/mol. The van der Waals surface area contributed by atoms with Crippen molar-refractivity contribution in [1.82, 2.24) is 10.6 Å². The summed E-state index contributed by atoms with van der Waals surface area (Å²) in [4.78, 5) is 11.4. The van der Waals surface area contributed by atoms with Crippen LogP contribution >= 0.6 is 0 Å². The predicted molar refractivity (Wildman–Crippen MR) is 69.0 cm³/mol. The third-order valence-corrected chi connectivity index (χ3v) is 2.95. The Labute approximate surface area is 104 Å². The van der Waals surface area contributed by atoms with E-state index in [1.807, 2.05) is 20.8 Å². The van der Waals surface area contributed by atoms with Crippen LogP contribution in [0.15, 0.2) is 0 Å². The van der Waals surface area contributed by atoms with Gasteiger partial charge in [0.25, 0.3) is 0 Å². The van der Waals surface area contributed by atoms with Gasteiger partial charge in [-0.1, -0.05) is 13.8 Å². The van der Waals surface area contributed by atoms with Gasteiger partial charge in [-0.05, 0) is 39.5 Å². The van der Waals surface area contributed by atoms with Gasteiger partial charge in [0.2, 0.25) is 0 Å². The van der Waals surface area contributed by atoms with E-state index < -0.39 is 5.60 Å². The summed E-state index contributed by atoms with van der Waals surface area (Å²) in [6.07, 6.45) is 0.866. The van der Waals surface area contributed by atoms with Crippen molar-refractivity contribution in [1.29, 1.82) is 0 Å². The Kier molecular flexibility index (Phi) is 4.07. The molecule has 1 saturated carbocycles. The molecule has 1 rings (SSSR count). The van der Waals surface area contributed by atoms with Crippen LogP contribution in [-0.2, 0) is 4.74 Å². The lowest BCUT2D eigenvalue weighted by Gasteiger charge is -2.21. The van der Waals surface area contributed by atoms with Crippen molar-refractivity contribution in [2.45, 2.75) is 65.6 Å². The zero-order valence-corrected chi connectivity index (χ0v) is 11.9. The molecule has 2 atom stereocenters. The van der Waals surface area contributed by atoms with E-state index in [4.69, 9.17) is 4.74 Å². The molecule has 0 aromatic rings. The number of alkyl carbamates (subject to hydrolysis) is 1.